The lowest BCUT2D eigenvalue weighted by atomic mass is 10.0. The van der Waals surface area contributed by atoms with Crippen LogP contribution in [0.2, 0.25) is 0 Å². The molecule has 0 aromatic heterocycles. The lowest BCUT2D eigenvalue weighted by Gasteiger charge is -2.15. The Morgan fingerprint density at radius 1 is 1.38 bits per heavy atom. The van der Waals surface area contributed by atoms with Crippen molar-refractivity contribution in [2.45, 2.75) is 31.8 Å². The van der Waals surface area contributed by atoms with E-state index < -0.39 is 0 Å². The standard InChI is InChI=1S/C14H21NO/c1-12(13-6-3-2-4-7-13)10-15-11-14-8-5-9-16-14/h2-4,6-7,12,14-15H,5,8-11H2,1H3/t12-,14-/m0/s1. The SMILES string of the molecule is C[C@@H](CNC[C@@H]1CCCO1)c1ccccc1. The van der Waals surface area contributed by atoms with Gasteiger partial charge in [0.2, 0.25) is 0 Å². The van der Waals surface area contributed by atoms with E-state index in [0.717, 1.165) is 19.7 Å². The average Bonchev–Trinajstić information content (AvgIpc) is 2.83. The summed E-state index contributed by atoms with van der Waals surface area (Å²) in [5, 5.41) is 3.50. The summed E-state index contributed by atoms with van der Waals surface area (Å²) in [6.07, 6.45) is 2.88. The van der Waals surface area contributed by atoms with Crippen molar-refractivity contribution in [3.05, 3.63) is 35.9 Å². The van der Waals surface area contributed by atoms with E-state index in [0.29, 0.717) is 12.0 Å². The lowest BCUT2D eigenvalue weighted by molar-refractivity contribution is 0.110. The normalized spacial score (nSPS) is 22.2. The van der Waals surface area contributed by atoms with Gasteiger partial charge >= 0.3 is 0 Å². The highest BCUT2D eigenvalue weighted by atomic mass is 16.5. The first kappa shape index (κ1) is 11.6. The minimum atomic E-state index is 0.447. The zero-order valence-electron chi connectivity index (χ0n) is 9.99. The van der Waals surface area contributed by atoms with Crippen molar-refractivity contribution >= 4 is 0 Å². The highest BCUT2D eigenvalue weighted by Gasteiger charge is 2.15. The van der Waals surface area contributed by atoms with E-state index in [1.165, 1.54) is 18.4 Å². The van der Waals surface area contributed by atoms with Crippen LogP contribution in [0.15, 0.2) is 30.3 Å². The molecule has 0 aliphatic carbocycles. The molecule has 1 aromatic rings. The van der Waals surface area contributed by atoms with Gasteiger partial charge in [0.15, 0.2) is 0 Å². The van der Waals surface area contributed by atoms with E-state index in [1.54, 1.807) is 0 Å². The fourth-order valence-corrected chi connectivity index (χ4v) is 2.17. The summed E-state index contributed by atoms with van der Waals surface area (Å²) < 4.78 is 5.58. The van der Waals surface area contributed by atoms with E-state index in [4.69, 9.17) is 4.74 Å². The van der Waals surface area contributed by atoms with E-state index in [9.17, 15) is 0 Å². The van der Waals surface area contributed by atoms with Gasteiger partial charge in [0.25, 0.3) is 0 Å². The molecule has 1 fully saturated rings. The van der Waals surface area contributed by atoms with Crippen LogP contribution in [0.1, 0.15) is 31.2 Å². The molecule has 0 bridgehead atoms. The summed E-state index contributed by atoms with van der Waals surface area (Å²) in [4.78, 5) is 0. The van der Waals surface area contributed by atoms with Gasteiger partial charge < -0.3 is 10.1 Å². The maximum atomic E-state index is 5.58. The molecule has 2 rings (SSSR count). The molecule has 1 saturated heterocycles. The number of rotatable bonds is 5. The Hall–Kier alpha value is -0.860. The zero-order valence-corrected chi connectivity index (χ0v) is 9.99. The first-order chi connectivity index (χ1) is 7.86. The lowest BCUT2D eigenvalue weighted by Crippen LogP contribution is -2.29. The second-order valence-electron chi connectivity index (χ2n) is 4.61. The van der Waals surface area contributed by atoms with Crippen LogP contribution in [0.25, 0.3) is 0 Å². The zero-order chi connectivity index (χ0) is 11.2. The summed E-state index contributed by atoms with van der Waals surface area (Å²) in [6.45, 7) is 5.24. The number of benzene rings is 1. The minimum absolute atomic E-state index is 0.447. The largest absolute Gasteiger partial charge is 0.377 e. The molecule has 0 amide bonds. The average molecular weight is 219 g/mol. The van der Waals surface area contributed by atoms with Crippen molar-refractivity contribution in [3.8, 4) is 0 Å². The molecule has 1 heterocycles. The van der Waals surface area contributed by atoms with Crippen molar-refractivity contribution in [1.29, 1.82) is 0 Å². The van der Waals surface area contributed by atoms with Crippen molar-refractivity contribution in [2.75, 3.05) is 19.7 Å². The Labute approximate surface area is 98.0 Å². The molecule has 88 valence electrons. The third-order valence-corrected chi connectivity index (χ3v) is 3.22. The van der Waals surface area contributed by atoms with Crippen LogP contribution >= 0.6 is 0 Å². The van der Waals surface area contributed by atoms with Crippen LogP contribution in [0.5, 0.6) is 0 Å². The summed E-state index contributed by atoms with van der Waals surface area (Å²) in [5.41, 5.74) is 1.40. The summed E-state index contributed by atoms with van der Waals surface area (Å²) in [7, 11) is 0. The Bertz CT molecular complexity index is 293. The van der Waals surface area contributed by atoms with Crippen LogP contribution < -0.4 is 5.32 Å². The van der Waals surface area contributed by atoms with Crippen LogP contribution in [-0.4, -0.2) is 25.8 Å². The molecule has 1 aromatic carbocycles. The van der Waals surface area contributed by atoms with Crippen LogP contribution in [0.3, 0.4) is 0 Å². The molecule has 0 spiro atoms. The van der Waals surface area contributed by atoms with E-state index >= 15 is 0 Å². The third kappa shape index (κ3) is 3.32. The maximum Gasteiger partial charge on any atom is 0.0700 e. The van der Waals surface area contributed by atoms with Crippen molar-refractivity contribution in [1.82, 2.24) is 5.32 Å². The van der Waals surface area contributed by atoms with Crippen LogP contribution in [0.4, 0.5) is 0 Å². The number of hydrogen-bond acceptors (Lipinski definition) is 2. The first-order valence-corrected chi connectivity index (χ1v) is 6.23. The molecular formula is C14H21NO. The second kappa shape index (κ2) is 6.02. The van der Waals surface area contributed by atoms with Gasteiger partial charge in [-0.15, -0.1) is 0 Å². The quantitative estimate of drug-likeness (QED) is 0.821. The molecule has 2 nitrogen and oxygen atoms in total. The molecule has 2 heteroatoms. The van der Waals surface area contributed by atoms with Gasteiger partial charge in [0.05, 0.1) is 6.10 Å². The molecule has 1 aliphatic rings. The maximum absolute atomic E-state index is 5.58. The molecule has 16 heavy (non-hydrogen) atoms. The predicted molar refractivity (Wildman–Crippen MR) is 66.7 cm³/mol. The Morgan fingerprint density at radius 3 is 2.88 bits per heavy atom. The van der Waals surface area contributed by atoms with E-state index in [-0.39, 0.29) is 0 Å². The van der Waals surface area contributed by atoms with Crippen molar-refractivity contribution < 1.29 is 4.74 Å². The minimum Gasteiger partial charge on any atom is -0.377 e. The molecule has 0 unspecified atom stereocenters. The number of ether oxygens (including phenoxy) is 1. The summed E-state index contributed by atoms with van der Waals surface area (Å²) >= 11 is 0. The molecule has 1 aliphatic heterocycles. The Morgan fingerprint density at radius 2 is 2.19 bits per heavy atom. The predicted octanol–water partition coefficient (Wildman–Crippen LogP) is 2.56. The Balaban J connectivity index is 1.69. The molecule has 2 atom stereocenters. The van der Waals surface area contributed by atoms with Gasteiger partial charge in [-0.05, 0) is 24.3 Å². The first-order valence-electron chi connectivity index (χ1n) is 6.23. The second-order valence-corrected chi connectivity index (χ2v) is 4.61. The Kier molecular flexibility index (Phi) is 4.37. The fraction of sp³-hybridized carbons (Fsp3) is 0.571. The van der Waals surface area contributed by atoms with Crippen molar-refractivity contribution in [2.24, 2.45) is 0 Å². The van der Waals surface area contributed by atoms with Gasteiger partial charge in [-0.1, -0.05) is 37.3 Å². The van der Waals surface area contributed by atoms with Gasteiger partial charge in [-0.2, -0.15) is 0 Å². The smallest absolute Gasteiger partial charge is 0.0700 e. The molecule has 0 saturated carbocycles. The van der Waals surface area contributed by atoms with E-state index in [1.807, 2.05) is 0 Å². The van der Waals surface area contributed by atoms with Gasteiger partial charge in [0.1, 0.15) is 0 Å². The molecule has 1 N–H and O–H groups in total. The third-order valence-electron chi connectivity index (χ3n) is 3.22. The van der Waals surface area contributed by atoms with Gasteiger partial charge in [0, 0.05) is 19.7 Å². The highest BCUT2D eigenvalue weighted by Crippen LogP contribution is 2.14. The van der Waals surface area contributed by atoms with Crippen LogP contribution in [0, 0.1) is 0 Å². The monoisotopic (exact) mass is 219 g/mol. The summed E-state index contributed by atoms with van der Waals surface area (Å²) in [5.74, 6) is 0.572. The molecular weight excluding hydrogens is 198 g/mol. The van der Waals surface area contributed by atoms with Gasteiger partial charge in [-0.25, -0.2) is 0 Å². The number of nitrogens with one attached hydrogen (secondary N) is 1. The van der Waals surface area contributed by atoms with Crippen molar-refractivity contribution in [3.63, 3.8) is 0 Å². The summed E-state index contributed by atoms with van der Waals surface area (Å²) in [6, 6.07) is 10.7. The topological polar surface area (TPSA) is 21.3 Å². The molecule has 0 radical (unpaired) electrons. The fourth-order valence-electron chi connectivity index (χ4n) is 2.17. The van der Waals surface area contributed by atoms with Crippen LogP contribution in [-0.2, 0) is 4.74 Å². The number of hydrogen-bond donors (Lipinski definition) is 1. The van der Waals surface area contributed by atoms with Gasteiger partial charge in [-0.3, -0.25) is 0 Å². The highest BCUT2D eigenvalue weighted by molar-refractivity contribution is 5.18. The van der Waals surface area contributed by atoms with E-state index in [2.05, 4.69) is 42.6 Å².